The van der Waals surface area contributed by atoms with Crippen molar-refractivity contribution in [3.8, 4) is 5.69 Å². The van der Waals surface area contributed by atoms with Gasteiger partial charge in [0.05, 0.1) is 21.2 Å². The van der Waals surface area contributed by atoms with Gasteiger partial charge in [-0.05, 0) is 30.3 Å². The number of carbonyl (C=O) groups excluding carboxylic acids is 3. The molecule has 134 valence electrons. The number of hydroxylamine groups is 2. The Morgan fingerprint density at radius 2 is 1.63 bits per heavy atom. The fourth-order valence-electron chi connectivity index (χ4n) is 2.59. The van der Waals surface area contributed by atoms with E-state index in [4.69, 9.17) is 28.0 Å². The van der Waals surface area contributed by atoms with Crippen molar-refractivity contribution in [2.24, 2.45) is 0 Å². The summed E-state index contributed by atoms with van der Waals surface area (Å²) in [6, 6.07) is 11.1. The Morgan fingerprint density at radius 3 is 2.26 bits per heavy atom. The third kappa shape index (κ3) is 2.97. The molecule has 0 saturated carbocycles. The molecule has 0 atom stereocenters. The number of hydrogen-bond donors (Lipinski definition) is 0. The lowest BCUT2D eigenvalue weighted by atomic mass is 10.1. The number of imidazole rings is 1. The Balaban J connectivity index is 1.55. The number of carbonyl (C=O) groups is 3. The molecule has 0 spiro atoms. The lowest BCUT2D eigenvalue weighted by Crippen LogP contribution is -2.32. The molecule has 27 heavy (non-hydrogen) atoms. The van der Waals surface area contributed by atoms with E-state index < -0.39 is 17.8 Å². The van der Waals surface area contributed by atoms with Crippen LogP contribution < -0.4 is 0 Å². The first-order chi connectivity index (χ1) is 13.0. The molecule has 3 aromatic rings. The average Bonchev–Trinajstić information content (AvgIpc) is 3.25. The molecule has 0 unspecified atom stereocenters. The van der Waals surface area contributed by atoms with Gasteiger partial charge in [-0.3, -0.25) is 9.59 Å². The maximum absolute atomic E-state index is 12.3. The first-order valence-electron chi connectivity index (χ1n) is 7.65. The molecule has 4 rings (SSSR count). The number of benzene rings is 2. The molecule has 1 aliphatic heterocycles. The number of aromatic nitrogens is 2. The number of fused-ring (bicyclic) bond motifs is 1. The van der Waals surface area contributed by atoms with E-state index in [1.54, 1.807) is 30.3 Å². The molecule has 7 nitrogen and oxygen atoms in total. The van der Waals surface area contributed by atoms with Crippen molar-refractivity contribution in [1.82, 2.24) is 14.6 Å². The van der Waals surface area contributed by atoms with Gasteiger partial charge >= 0.3 is 5.97 Å². The smallest absolute Gasteiger partial charge is 0.322 e. The number of amides is 2. The van der Waals surface area contributed by atoms with Crippen molar-refractivity contribution in [2.45, 2.75) is 0 Å². The first-order valence-corrected chi connectivity index (χ1v) is 8.41. The Kier molecular flexibility index (Phi) is 4.18. The number of hydrogen-bond acceptors (Lipinski definition) is 5. The van der Waals surface area contributed by atoms with Gasteiger partial charge in [0.1, 0.15) is 6.33 Å². The number of halogens is 2. The third-order valence-electron chi connectivity index (χ3n) is 3.92. The largest absolute Gasteiger partial charge is 0.383 e. The molecule has 0 N–H and O–H groups in total. The molecule has 2 aromatic carbocycles. The normalized spacial score (nSPS) is 13.0. The second kappa shape index (κ2) is 6.53. The maximum Gasteiger partial charge on any atom is 0.383 e. The maximum atomic E-state index is 12.3. The van der Waals surface area contributed by atoms with Crippen LogP contribution in [0.4, 0.5) is 0 Å². The lowest BCUT2D eigenvalue weighted by molar-refractivity contribution is -0.0588. The van der Waals surface area contributed by atoms with Crippen LogP contribution in [-0.4, -0.2) is 32.4 Å². The van der Waals surface area contributed by atoms with Gasteiger partial charge in [0.2, 0.25) is 0 Å². The zero-order valence-corrected chi connectivity index (χ0v) is 14.9. The van der Waals surface area contributed by atoms with E-state index in [2.05, 4.69) is 4.98 Å². The topological polar surface area (TPSA) is 81.5 Å². The minimum absolute atomic E-state index is 0.0855. The van der Waals surface area contributed by atoms with Crippen molar-refractivity contribution in [1.29, 1.82) is 0 Å². The van der Waals surface area contributed by atoms with Crippen LogP contribution in [0.3, 0.4) is 0 Å². The van der Waals surface area contributed by atoms with Gasteiger partial charge in [0, 0.05) is 11.9 Å². The van der Waals surface area contributed by atoms with E-state index in [1.807, 2.05) is 0 Å². The highest BCUT2D eigenvalue weighted by atomic mass is 35.5. The predicted molar refractivity (Wildman–Crippen MR) is 95.9 cm³/mol. The molecule has 0 radical (unpaired) electrons. The van der Waals surface area contributed by atoms with Crippen LogP contribution >= 0.6 is 23.2 Å². The highest BCUT2D eigenvalue weighted by Gasteiger charge is 2.39. The standard InChI is InChI=1S/C18H9Cl2N3O4/c19-13-6-5-10(7-14(13)20)22-8-15(21-9-22)18(26)27-23-16(24)11-3-1-2-4-12(11)17(23)25/h1-9H. The van der Waals surface area contributed by atoms with Crippen LogP contribution in [0.5, 0.6) is 0 Å². The molecular weight excluding hydrogens is 393 g/mol. The average molecular weight is 402 g/mol. The van der Waals surface area contributed by atoms with Gasteiger partial charge in [-0.2, -0.15) is 0 Å². The van der Waals surface area contributed by atoms with Gasteiger partial charge in [0.15, 0.2) is 5.69 Å². The van der Waals surface area contributed by atoms with Gasteiger partial charge in [-0.25, -0.2) is 9.78 Å². The lowest BCUT2D eigenvalue weighted by Gasteiger charge is -2.11. The van der Waals surface area contributed by atoms with E-state index in [1.165, 1.54) is 29.2 Å². The molecule has 2 heterocycles. The van der Waals surface area contributed by atoms with Crippen molar-refractivity contribution < 1.29 is 19.2 Å². The van der Waals surface area contributed by atoms with E-state index in [-0.39, 0.29) is 16.8 Å². The zero-order valence-electron chi connectivity index (χ0n) is 13.4. The second-order valence-corrected chi connectivity index (χ2v) is 6.41. The van der Waals surface area contributed by atoms with Gasteiger partial charge < -0.3 is 9.40 Å². The molecule has 1 aromatic heterocycles. The van der Waals surface area contributed by atoms with Crippen LogP contribution in [0, 0.1) is 0 Å². The summed E-state index contributed by atoms with van der Waals surface area (Å²) in [5.74, 6) is -2.34. The quantitative estimate of drug-likeness (QED) is 0.626. The van der Waals surface area contributed by atoms with Gasteiger partial charge in [-0.15, -0.1) is 0 Å². The van der Waals surface area contributed by atoms with Crippen LogP contribution in [0.1, 0.15) is 31.2 Å². The SMILES string of the molecule is O=C(ON1C(=O)c2ccccc2C1=O)c1cn(-c2ccc(Cl)c(Cl)c2)cn1. The van der Waals surface area contributed by atoms with Crippen molar-refractivity contribution >= 4 is 41.0 Å². The predicted octanol–water partition coefficient (Wildman–Crippen LogP) is 3.55. The summed E-state index contributed by atoms with van der Waals surface area (Å²) in [5.41, 5.74) is 0.891. The summed E-state index contributed by atoms with van der Waals surface area (Å²) in [5, 5.41) is 1.18. The molecule has 0 bridgehead atoms. The van der Waals surface area contributed by atoms with Crippen LogP contribution in [0.2, 0.25) is 10.0 Å². The highest BCUT2D eigenvalue weighted by Crippen LogP contribution is 2.25. The van der Waals surface area contributed by atoms with Crippen LogP contribution in [0.15, 0.2) is 55.0 Å². The third-order valence-corrected chi connectivity index (χ3v) is 4.66. The van der Waals surface area contributed by atoms with Crippen LogP contribution in [-0.2, 0) is 4.84 Å². The van der Waals surface area contributed by atoms with Crippen molar-refractivity contribution in [2.75, 3.05) is 0 Å². The molecule has 1 aliphatic rings. The Morgan fingerprint density at radius 1 is 0.963 bits per heavy atom. The van der Waals surface area contributed by atoms with Gasteiger partial charge in [-0.1, -0.05) is 40.4 Å². The fraction of sp³-hybridized carbons (Fsp3) is 0. The fourth-order valence-corrected chi connectivity index (χ4v) is 2.89. The van der Waals surface area contributed by atoms with Crippen molar-refractivity contribution in [3.05, 3.63) is 81.9 Å². The Bertz CT molecular complexity index is 1070. The Hall–Kier alpha value is -3.16. The van der Waals surface area contributed by atoms with Crippen LogP contribution in [0.25, 0.3) is 5.69 Å². The number of imide groups is 1. The van der Waals surface area contributed by atoms with Gasteiger partial charge in [0.25, 0.3) is 11.8 Å². The van der Waals surface area contributed by atoms with E-state index >= 15 is 0 Å². The van der Waals surface area contributed by atoms with Crippen molar-refractivity contribution in [3.63, 3.8) is 0 Å². The number of rotatable bonds is 3. The summed E-state index contributed by atoms with van der Waals surface area (Å²) < 4.78 is 1.53. The summed E-state index contributed by atoms with van der Waals surface area (Å²) in [6.45, 7) is 0. The molecule has 0 aliphatic carbocycles. The minimum Gasteiger partial charge on any atom is -0.322 e. The van der Waals surface area contributed by atoms with E-state index in [0.29, 0.717) is 20.8 Å². The molecule has 0 saturated heterocycles. The van der Waals surface area contributed by atoms with E-state index in [9.17, 15) is 14.4 Å². The summed E-state index contributed by atoms with van der Waals surface area (Å²) in [6.07, 6.45) is 2.76. The Labute approximate surface area is 162 Å². The summed E-state index contributed by atoms with van der Waals surface area (Å²) in [7, 11) is 0. The van der Waals surface area contributed by atoms with E-state index in [0.717, 1.165) is 0 Å². The summed E-state index contributed by atoms with van der Waals surface area (Å²) >= 11 is 11.9. The zero-order chi connectivity index (χ0) is 19.1. The summed E-state index contributed by atoms with van der Waals surface area (Å²) in [4.78, 5) is 45.7. The molecule has 0 fully saturated rings. The first kappa shape index (κ1) is 17.3. The number of nitrogens with zero attached hydrogens (tertiary/aromatic N) is 3. The highest BCUT2D eigenvalue weighted by molar-refractivity contribution is 6.42. The molecular formula is C18H9Cl2N3O4. The molecule has 9 heteroatoms. The molecule has 2 amide bonds. The second-order valence-electron chi connectivity index (χ2n) is 5.59. The monoisotopic (exact) mass is 401 g/mol. The minimum atomic E-state index is -0.941.